The molecule has 0 unspecified atom stereocenters. The zero-order valence-electron chi connectivity index (χ0n) is 20.9. The van der Waals surface area contributed by atoms with Gasteiger partial charge in [0.05, 0.1) is 17.7 Å². The summed E-state index contributed by atoms with van der Waals surface area (Å²) < 4.78 is 59.6. The van der Waals surface area contributed by atoms with Crippen molar-refractivity contribution in [1.82, 2.24) is 10.3 Å². The Balaban J connectivity index is 1.31. The Hall–Kier alpha value is -4.15. The number of aliphatic carboxylic acids is 1. The summed E-state index contributed by atoms with van der Waals surface area (Å²) in [6.07, 6.45) is -1.62. The molecule has 1 amide bonds. The summed E-state index contributed by atoms with van der Waals surface area (Å²) in [5.41, 5.74) is -0.0390. The standard InChI is InChI=1S/C28H27F4N3O4/c29-22-7-1-6-21(28(30,31)32)24(22)26(36)35-23(27(37)38)16-17-8-12-20(13-9-17)39-15-3-5-19-11-10-18-4-2-14-33-25(18)34-19/h1,6-13,23H,2-5,14-16H2,(H,33,34)(H,35,36)(H,37,38)/t23-/m0/s1. The maximum absolute atomic E-state index is 14.1. The minimum Gasteiger partial charge on any atom is -0.494 e. The number of carbonyl (C=O) groups excluding carboxylic acids is 1. The lowest BCUT2D eigenvalue weighted by Gasteiger charge is -2.18. The number of carboxylic acid groups (broad SMARTS) is 1. The summed E-state index contributed by atoms with van der Waals surface area (Å²) in [5.74, 6) is -2.83. The van der Waals surface area contributed by atoms with Crippen LogP contribution in [0, 0.1) is 5.82 Å². The van der Waals surface area contributed by atoms with Crippen molar-refractivity contribution in [2.45, 2.75) is 44.3 Å². The lowest BCUT2D eigenvalue weighted by atomic mass is 10.0. The molecule has 0 aliphatic carbocycles. The summed E-state index contributed by atoms with van der Waals surface area (Å²) >= 11 is 0. The van der Waals surface area contributed by atoms with Gasteiger partial charge in [-0.3, -0.25) is 4.79 Å². The molecule has 0 spiro atoms. The van der Waals surface area contributed by atoms with E-state index in [0.29, 0.717) is 30.1 Å². The fraction of sp³-hybridized carbons (Fsp3) is 0.321. The molecule has 11 heteroatoms. The monoisotopic (exact) mass is 545 g/mol. The number of nitrogens with zero attached hydrogens (tertiary/aromatic N) is 1. The van der Waals surface area contributed by atoms with Crippen LogP contribution in [0.15, 0.2) is 54.6 Å². The van der Waals surface area contributed by atoms with Crippen LogP contribution >= 0.6 is 0 Å². The Morgan fingerprint density at radius 3 is 2.59 bits per heavy atom. The molecule has 39 heavy (non-hydrogen) atoms. The van der Waals surface area contributed by atoms with E-state index in [2.05, 4.69) is 16.4 Å². The Morgan fingerprint density at radius 1 is 1.10 bits per heavy atom. The average molecular weight is 546 g/mol. The number of halogens is 4. The predicted octanol–water partition coefficient (Wildman–Crippen LogP) is 5.03. The zero-order valence-corrected chi connectivity index (χ0v) is 20.9. The largest absolute Gasteiger partial charge is 0.494 e. The number of anilines is 1. The van der Waals surface area contributed by atoms with Crippen LogP contribution in [0.5, 0.6) is 5.75 Å². The number of hydrogen-bond donors (Lipinski definition) is 3. The highest BCUT2D eigenvalue weighted by molar-refractivity contribution is 5.98. The van der Waals surface area contributed by atoms with E-state index in [1.54, 1.807) is 24.3 Å². The first-order valence-corrected chi connectivity index (χ1v) is 12.5. The van der Waals surface area contributed by atoms with E-state index in [1.807, 2.05) is 11.4 Å². The number of aromatic nitrogens is 1. The molecule has 3 aromatic rings. The molecule has 0 saturated heterocycles. The molecule has 1 aliphatic rings. The molecular formula is C28H27F4N3O4. The van der Waals surface area contributed by atoms with E-state index in [0.717, 1.165) is 49.8 Å². The topological polar surface area (TPSA) is 101 Å². The number of amides is 1. The summed E-state index contributed by atoms with van der Waals surface area (Å²) in [4.78, 5) is 28.8. The van der Waals surface area contributed by atoms with Gasteiger partial charge in [0.1, 0.15) is 23.4 Å². The van der Waals surface area contributed by atoms with Crippen molar-refractivity contribution < 1.29 is 37.0 Å². The van der Waals surface area contributed by atoms with E-state index < -0.39 is 41.0 Å². The smallest absolute Gasteiger partial charge is 0.417 e. The van der Waals surface area contributed by atoms with Crippen LogP contribution in [0.25, 0.3) is 0 Å². The molecule has 0 fully saturated rings. The van der Waals surface area contributed by atoms with Crippen LogP contribution in [0.4, 0.5) is 23.4 Å². The Bertz CT molecular complexity index is 1330. The lowest BCUT2D eigenvalue weighted by molar-refractivity contribution is -0.139. The third-order valence-electron chi connectivity index (χ3n) is 6.31. The number of hydrogen-bond acceptors (Lipinski definition) is 5. The van der Waals surface area contributed by atoms with E-state index in [4.69, 9.17) is 4.74 Å². The van der Waals surface area contributed by atoms with Crippen molar-refractivity contribution in [1.29, 1.82) is 0 Å². The number of rotatable bonds is 10. The molecule has 0 radical (unpaired) electrons. The number of alkyl halides is 3. The van der Waals surface area contributed by atoms with Crippen molar-refractivity contribution in [3.05, 3.63) is 88.4 Å². The molecule has 1 atom stereocenters. The minimum absolute atomic E-state index is 0.227. The predicted molar refractivity (Wildman–Crippen MR) is 135 cm³/mol. The number of ether oxygens (including phenoxy) is 1. The Morgan fingerprint density at radius 2 is 1.87 bits per heavy atom. The summed E-state index contributed by atoms with van der Waals surface area (Å²) in [6, 6.07) is 11.1. The van der Waals surface area contributed by atoms with Gasteiger partial charge in [-0.25, -0.2) is 14.2 Å². The number of nitrogens with one attached hydrogen (secondary N) is 2. The number of benzene rings is 2. The van der Waals surface area contributed by atoms with Crippen LogP contribution in [-0.4, -0.2) is 41.2 Å². The molecule has 2 heterocycles. The second kappa shape index (κ2) is 12.1. The summed E-state index contributed by atoms with van der Waals surface area (Å²) in [5, 5.41) is 14.8. The number of carbonyl (C=O) groups is 2. The summed E-state index contributed by atoms with van der Waals surface area (Å²) in [6.45, 7) is 1.36. The number of fused-ring (bicyclic) bond motifs is 1. The van der Waals surface area contributed by atoms with Crippen LogP contribution < -0.4 is 15.4 Å². The first-order chi connectivity index (χ1) is 18.6. The average Bonchev–Trinajstić information content (AvgIpc) is 2.90. The van der Waals surface area contributed by atoms with Crippen LogP contribution in [0.3, 0.4) is 0 Å². The second-order valence-corrected chi connectivity index (χ2v) is 9.17. The van der Waals surface area contributed by atoms with Gasteiger partial charge < -0.3 is 20.5 Å². The van der Waals surface area contributed by atoms with Gasteiger partial charge in [-0.15, -0.1) is 0 Å². The number of aryl methyl sites for hydroxylation is 2. The van der Waals surface area contributed by atoms with Crippen LogP contribution in [0.2, 0.25) is 0 Å². The van der Waals surface area contributed by atoms with E-state index >= 15 is 0 Å². The zero-order chi connectivity index (χ0) is 28.0. The van der Waals surface area contributed by atoms with E-state index in [-0.39, 0.29) is 6.42 Å². The molecular weight excluding hydrogens is 518 g/mol. The van der Waals surface area contributed by atoms with Gasteiger partial charge >= 0.3 is 12.1 Å². The Labute approximate surface area is 222 Å². The van der Waals surface area contributed by atoms with Crippen LogP contribution in [0.1, 0.15) is 45.6 Å². The molecule has 206 valence electrons. The molecule has 7 nitrogen and oxygen atoms in total. The van der Waals surface area contributed by atoms with Crippen molar-refractivity contribution in [2.24, 2.45) is 0 Å². The second-order valence-electron chi connectivity index (χ2n) is 9.17. The van der Waals surface area contributed by atoms with Gasteiger partial charge in [-0.1, -0.05) is 24.3 Å². The van der Waals surface area contributed by atoms with Gasteiger partial charge in [0.2, 0.25) is 0 Å². The van der Waals surface area contributed by atoms with Gasteiger partial charge in [0, 0.05) is 18.7 Å². The van der Waals surface area contributed by atoms with Gasteiger partial charge in [0.15, 0.2) is 0 Å². The van der Waals surface area contributed by atoms with Crippen molar-refractivity contribution in [3.8, 4) is 5.75 Å². The molecule has 1 aromatic heterocycles. The maximum Gasteiger partial charge on any atom is 0.417 e. The first kappa shape index (κ1) is 27.9. The molecule has 1 aliphatic heterocycles. The van der Waals surface area contributed by atoms with Crippen LogP contribution in [-0.2, 0) is 30.2 Å². The minimum atomic E-state index is -4.99. The highest BCUT2D eigenvalue weighted by Gasteiger charge is 2.37. The molecule has 4 rings (SSSR count). The van der Waals surface area contributed by atoms with Gasteiger partial charge in [-0.2, -0.15) is 13.2 Å². The van der Waals surface area contributed by atoms with E-state index in [1.165, 1.54) is 5.56 Å². The molecule has 2 aromatic carbocycles. The SMILES string of the molecule is O=C(N[C@@H](Cc1ccc(OCCCc2ccc3c(n2)NCCC3)cc1)C(=O)O)c1c(F)cccc1C(F)(F)F. The van der Waals surface area contributed by atoms with Gasteiger partial charge in [0.25, 0.3) is 5.91 Å². The third-order valence-corrected chi connectivity index (χ3v) is 6.31. The normalized spacial score (nSPS) is 13.6. The third kappa shape index (κ3) is 7.24. The Kier molecular flexibility index (Phi) is 8.68. The number of carboxylic acids is 1. The fourth-order valence-corrected chi connectivity index (χ4v) is 4.33. The lowest BCUT2D eigenvalue weighted by Crippen LogP contribution is -2.43. The first-order valence-electron chi connectivity index (χ1n) is 12.5. The number of pyridine rings is 1. The summed E-state index contributed by atoms with van der Waals surface area (Å²) in [7, 11) is 0. The van der Waals surface area contributed by atoms with Crippen molar-refractivity contribution >= 4 is 17.7 Å². The highest BCUT2D eigenvalue weighted by atomic mass is 19.4. The molecule has 3 N–H and O–H groups in total. The molecule has 0 saturated carbocycles. The van der Waals surface area contributed by atoms with Crippen molar-refractivity contribution in [2.75, 3.05) is 18.5 Å². The quantitative estimate of drug-likeness (QED) is 0.244. The molecule has 0 bridgehead atoms. The van der Waals surface area contributed by atoms with Gasteiger partial charge in [-0.05, 0) is 67.1 Å². The fourth-order valence-electron chi connectivity index (χ4n) is 4.33. The van der Waals surface area contributed by atoms with Crippen molar-refractivity contribution in [3.63, 3.8) is 0 Å². The maximum atomic E-state index is 14.1. The van der Waals surface area contributed by atoms with E-state index in [9.17, 15) is 32.3 Å². The highest BCUT2D eigenvalue weighted by Crippen LogP contribution is 2.33.